The van der Waals surface area contributed by atoms with E-state index in [1.54, 1.807) is 18.1 Å². The van der Waals surface area contributed by atoms with E-state index < -0.39 is 0 Å². The molecule has 27 heavy (non-hydrogen) atoms. The maximum Gasteiger partial charge on any atom is 0.261 e. The molecule has 148 valence electrons. The Morgan fingerprint density at radius 3 is 2.93 bits per heavy atom. The topological polar surface area (TPSA) is 79.4 Å². The van der Waals surface area contributed by atoms with Gasteiger partial charge in [-0.05, 0) is 30.9 Å². The van der Waals surface area contributed by atoms with Crippen LogP contribution in [0.1, 0.15) is 21.7 Å². The third-order valence-corrected chi connectivity index (χ3v) is 6.46. The number of carbonyl (C=O) groups excluding carboxylic acids is 1. The second kappa shape index (κ2) is 10.2. The molecule has 0 atom stereocenters. The van der Waals surface area contributed by atoms with Crippen molar-refractivity contribution in [3.63, 3.8) is 0 Å². The second-order valence-electron chi connectivity index (χ2n) is 6.44. The summed E-state index contributed by atoms with van der Waals surface area (Å²) in [5.41, 5.74) is 0.951. The molecule has 0 unspecified atom stereocenters. The molecule has 2 aromatic heterocycles. The Morgan fingerprint density at radius 1 is 1.33 bits per heavy atom. The van der Waals surface area contributed by atoms with E-state index in [-0.39, 0.29) is 5.91 Å². The molecule has 3 heterocycles. The lowest BCUT2D eigenvalue weighted by Gasteiger charge is -2.26. The summed E-state index contributed by atoms with van der Waals surface area (Å²) in [6.45, 7) is 7.97. The number of thioether (sulfide) groups is 1. The van der Waals surface area contributed by atoms with Crippen LogP contribution in [0.4, 0.5) is 5.82 Å². The number of amides is 1. The number of carbonyl (C=O) groups is 1. The minimum atomic E-state index is -0.0177. The molecule has 1 amide bonds. The maximum absolute atomic E-state index is 12.5. The number of fused-ring (bicyclic) bond motifs is 1. The Bertz CT molecular complexity index is 762. The fourth-order valence-corrected chi connectivity index (χ4v) is 4.58. The lowest BCUT2D eigenvalue weighted by Crippen LogP contribution is -2.39. The Morgan fingerprint density at radius 2 is 2.15 bits per heavy atom. The number of aromatic nitrogens is 2. The normalized spacial score (nSPS) is 15.2. The maximum atomic E-state index is 12.5. The number of nitrogens with one attached hydrogen (secondary N) is 2. The molecule has 2 aromatic rings. The minimum Gasteiger partial charge on any atom is -0.379 e. The molecule has 2 N–H and O–H groups in total. The van der Waals surface area contributed by atoms with E-state index in [9.17, 15) is 4.79 Å². The molecule has 0 aromatic carbocycles. The summed E-state index contributed by atoms with van der Waals surface area (Å²) in [7, 11) is 0. The summed E-state index contributed by atoms with van der Waals surface area (Å²) in [5, 5.41) is 7.40. The first kappa shape index (κ1) is 20.3. The van der Waals surface area contributed by atoms with E-state index in [0.29, 0.717) is 6.54 Å². The smallest absolute Gasteiger partial charge is 0.261 e. The van der Waals surface area contributed by atoms with E-state index >= 15 is 0 Å². The van der Waals surface area contributed by atoms with Crippen LogP contribution >= 0.6 is 23.1 Å². The predicted molar refractivity (Wildman–Crippen MR) is 113 cm³/mol. The monoisotopic (exact) mass is 409 g/mol. The van der Waals surface area contributed by atoms with Gasteiger partial charge in [0.1, 0.15) is 17.0 Å². The first-order chi connectivity index (χ1) is 13.2. The Balaban J connectivity index is 1.65. The highest BCUT2D eigenvalue weighted by atomic mass is 32.2. The number of hydrogen-bond acceptors (Lipinski definition) is 8. The minimum absolute atomic E-state index is 0.0177. The van der Waals surface area contributed by atoms with Crippen molar-refractivity contribution in [1.82, 2.24) is 20.2 Å². The van der Waals surface area contributed by atoms with Crippen LogP contribution < -0.4 is 10.6 Å². The molecule has 9 heteroatoms. The van der Waals surface area contributed by atoms with E-state index in [4.69, 9.17) is 4.74 Å². The summed E-state index contributed by atoms with van der Waals surface area (Å²) < 4.78 is 5.38. The van der Waals surface area contributed by atoms with Gasteiger partial charge >= 0.3 is 0 Å². The highest BCUT2D eigenvalue weighted by Gasteiger charge is 2.19. The van der Waals surface area contributed by atoms with E-state index in [0.717, 1.165) is 78.0 Å². The number of anilines is 1. The first-order valence-electron chi connectivity index (χ1n) is 9.26. The standard InChI is InChI=1S/C18H27N5O2S2/c1-13-14-16(19-5-6-23-7-9-25-10-8-23)21-12-22-18(14)27-15(13)17(24)20-4-3-11-26-2/h12H,3-11H2,1-2H3,(H,20,24)(H,19,21,22). The fourth-order valence-electron chi connectivity index (χ4n) is 3.08. The van der Waals surface area contributed by atoms with Crippen molar-refractivity contribution in [1.29, 1.82) is 0 Å². The molecule has 0 radical (unpaired) electrons. The van der Waals surface area contributed by atoms with Crippen molar-refractivity contribution in [2.45, 2.75) is 13.3 Å². The molecule has 1 aliphatic rings. The largest absolute Gasteiger partial charge is 0.379 e. The van der Waals surface area contributed by atoms with Crippen molar-refractivity contribution in [3.05, 3.63) is 16.8 Å². The summed E-state index contributed by atoms with van der Waals surface area (Å²) >= 11 is 3.23. The number of hydrogen-bond donors (Lipinski definition) is 2. The molecular formula is C18H27N5O2S2. The molecule has 0 spiro atoms. The molecule has 1 aliphatic heterocycles. The Kier molecular flexibility index (Phi) is 7.69. The molecule has 0 bridgehead atoms. The van der Waals surface area contributed by atoms with E-state index in [1.165, 1.54) is 11.3 Å². The van der Waals surface area contributed by atoms with E-state index in [1.807, 2.05) is 6.92 Å². The second-order valence-corrected chi connectivity index (χ2v) is 8.43. The summed E-state index contributed by atoms with van der Waals surface area (Å²) in [5.74, 6) is 1.84. The number of nitrogens with zero attached hydrogens (tertiary/aromatic N) is 3. The zero-order valence-corrected chi connectivity index (χ0v) is 17.5. The zero-order valence-electron chi connectivity index (χ0n) is 15.9. The number of aryl methyl sites for hydroxylation is 1. The van der Waals surface area contributed by atoms with Crippen LogP contribution in [0.15, 0.2) is 6.33 Å². The van der Waals surface area contributed by atoms with Gasteiger partial charge in [0.25, 0.3) is 5.91 Å². The zero-order chi connectivity index (χ0) is 19.1. The van der Waals surface area contributed by atoms with Gasteiger partial charge in [-0.3, -0.25) is 9.69 Å². The predicted octanol–water partition coefficient (Wildman–Crippen LogP) is 2.23. The van der Waals surface area contributed by atoms with Crippen LogP contribution in [0.25, 0.3) is 10.2 Å². The third kappa shape index (κ3) is 5.31. The van der Waals surface area contributed by atoms with Gasteiger partial charge in [-0.15, -0.1) is 11.3 Å². The van der Waals surface area contributed by atoms with Gasteiger partial charge in [-0.25, -0.2) is 9.97 Å². The average molecular weight is 410 g/mol. The van der Waals surface area contributed by atoms with Crippen molar-refractivity contribution in [2.24, 2.45) is 0 Å². The van der Waals surface area contributed by atoms with Gasteiger partial charge in [0.2, 0.25) is 0 Å². The molecule has 3 rings (SSSR count). The third-order valence-electron chi connectivity index (χ3n) is 4.57. The number of ether oxygens (including phenoxy) is 1. The fraction of sp³-hybridized carbons (Fsp3) is 0.611. The van der Waals surface area contributed by atoms with Gasteiger partial charge in [-0.2, -0.15) is 11.8 Å². The first-order valence-corrected chi connectivity index (χ1v) is 11.5. The van der Waals surface area contributed by atoms with Gasteiger partial charge in [0, 0.05) is 32.7 Å². The lowest BCUT2D eigenvalue weighted by atomic mass is 10.2. The van der Waals surface area contributed by atoms with Crippen molar-refractivity contribution in [3.8, 4) is 0 Å². The number of thiophene rings is 1. The number of morpholine rings is 1. The van der Waals surface area contributed by atoms with Crippen LogP contribution in [-0.4, -0.2) is 78.7 Å². The SMILES string of the molecule is CSCCCNC(=O)c1sc2ncnc(NCCN3CCOCC3)c2c1C. The quantitative estimate of drug-likeness (QED) is 0.615. The molecule has 1 fully saturated rings. The molecule has 7 nitrogen and oxygen atoms in total. The summed E-state index contributed by atoms with van der Waals surface area (Å²) in [6, 6.07) is 0. The summed E-state index contributed by atoms with van der Waals surface area (Å²) in [4.78, 5) is 25.3. The van der Waals surface area contributed by atoms with Gasteiger partial charge in [0.15, 0.2) is 0 Å². The Labute approximate surface area is 168 Å². The number of rotatable bonds is 9. The highest BCUT2D eigenvalue weighted by molar-refractivity contribution is 7.98. The van der Waals surface area contributed by atoms with Crippen molar-refractivity contribution < 1.29 is 9.53 Å². The van der Waals surface area contributed by atoms with Gasteiger partial charge in [-0.1, -0.05) is 0 Å². The lowest BCUT2D eigenvalue weighted by molar-refractivity contribution is 0.0398. The van der Waals surface area contributed by atoms with E-state index in [2.05, 4.69) is 31.8 Å². The highest BCUT2D eigenvalue weighted by Crippen LogP contribution is 2.33. The van der Waals surface area contributed by atoms with Crippen molar-refractivity contribution >= 4 is 45.0 Å². The molecule has 1 saturated heterocycles. The van der Waals surface area contributed by atoms with Crippen LogP contribution in [0, 0.1) is 6.92 Å². The van der Waals surface area contributed by atoms with Gasteiger partial charge in [0.05, 0.1) is 23.5 Å². The summed E-state index contributed by atoms with van der Waals surface area (Å²) in [6.07, 6.45) is 4.62. The molecule has 0 saturated carbocycles. The van der Waals surface area contributed by atoms with Crippen molar-refractivity contribution in [2.75, 3.05) is 63.3 Å². The van der Waals surface area contributed by atoms with Crippen LogP contribution in [0.3, 0.4) is 0 Å². The molecule has 0 aliphatic carbocycles. The van der Waals surface area contributed by atoms with Crippen LogP contribution in [0.5, 0.6) is 0 Å². The Hall–Kier alpha value is -1.42. The van der Waals surface area contributed by atoms with Crippen LogP contribution in [-0.2, 0) is 4.74 Å². The van der Waals surface area contributed by atoms with Gasteiger partial charge < -0.3 is 15.4 Å². The van der Waals surface area contributed by atoms with Crippen LogP contribution in [0.2, 0.25) is 0 Å². The molecular weight excluding hydrogens is 382 g/mol. The average Bonchev–Trinajstić information content (AvgIpc) is 3.04.